The lowest BCUT2D eigenvalue weighted by molar-refractivity contribution is -0.122. The average molecular weight is 457 g/mol. The zero-order chi connectivity index (χ0) is 22.7. The van der Waals surface area contributed by atoms with Crippen molar-refractivity contribution in [3.05, 3.63) is 56.1 Å². The topological polar surface area (TPSA) is 82.5 Å². The third-order valence-electron chi connectivity index (χ3n) is 5.27. The number of hydrogen-bond acceptors (Lipinski definition) is 7. The van der Waals surface area contributed by atoms with Crippen molar-refractivity contribution in [3.8, 4) is 6.07 Å². The molecule has 3 heterocycles. The highest BCUT2D eigenvalue weighted by Crippen LogP contribution is 2.36. The molecule has 0 spiro atoms. The maximum Gasteiger partial charge on any atom is 0.270 e. The first-order chi connectivity index (χ1) is 14.9. The molecular formula is C22H24N4O3S2. The van der Waals surface area contributed by atoms with Crippen LogP contribution in [-0.2, 0) is 17.9 Å². The van der Waals surface area contributed by atoms with E-state index in [1.807, 2.05) is 26.8 Å². The fourth-order valence-corrected chi connectivity index (χ4v) is 4.86. The number of pyridine rings is 1. The molecule has 0 atom stereocenters. The van der Waals surface area contributed by atoms with Gasteiger partial charge >= 0.3 is 0 Å². The molecule has 162 valence electrons. The van der Waals surface area contributed by atoms with Crippen LogP contribution in [0.15, 0.2) is 32.5 Å². The predicted molar refractivity (Wildman–Crippen MR) is 127 cm³/mol. The number of carbonyl (C=O) groups is 1. The first kappa shape index (κ1) is 22.8. The van der Waals surface area contributed by atoms with Gasteiger partial charge in [-0.25, -0.2) is 0 Å². The molecule has 3 rings (SSSR count). The first-order valence-electron chi connectivity index (χ1n) is 10.1. The molecular weight excluding hydrogens is 432 g/mol. The van der Waals surface area contributed by atoms with Crippen LogP contribution in [0.25, 0.3) is 6.08 Å². The van der Waals surface area contributed by atoms with Crippen LogP contribution < -0.4 is 10.5 Å². The highest BCUT2D eigenvalue weighted by Gasteiger charge is 2.33. The summed E-state index contributed by atoms with van der Waals surface area (Å²) in [6, 6.07) is 5.60. The maximum atomic E-state index is 13.1. The standard InChI is InChI=1S/C22H24N4O3S2/c1-5-24(6-2)19-16(14(4)17(12-23)20(27)25(19)7-3)11-18-21(28)26(22(30)31-18)13-15-9-8-10-29-15/h8-11H,5-7,13H2,1-4H3/b18-11-. The molecule has 1 fully saturated rings. The Morgan fingerprint density at radius 1 is 1.29 bits per heavy atom. The number of amides is 1. The molecule has 1 saturated heterocycles. The fraction of sp³-hybridized carbons (Fsp3) is 0.364. The summed E-state index contributed by atoms with van der Waals surface area (Å²) < 4.78 is 7.40. The van der Waals surface area contributed by atoms with E-state index in [1.165, 1.54) is 16.7 Å². The van der Waals surface area contributed by atoms with Gasteiger partial charge in [0.1, 0.15) is 27.5 Å². The van der Waals surface area contributed by atoms with Gasteiger partial charge in [0.25, 0.3) is 11.5 Å². The Bertz CT molecular complexity index is 1140. The zero-order valence-corrected chi connectivity index (χ0v) is 19.6. The number of rotatable bonds is 7. The van der Waals surface area contributed by atoms with Crippen molar-refractivity contribution in [2.75, 3.05) is 18.0 Å². The Morgan fingerprint density at radius 2 is 2.00 bits per heavy atom. The quantitative estimate of drug-likeness (QED) is 0.462. The summed E-state index contributed by atoms with van der Waals surface area (Å²) in [4.78, 5) is 30.1. The second-order valence-corrected chi connectivity index (χ2v) is 8.59. The van der Waals surface area contributed by atoms with Gasteiger partial charge in [-0.15, -0.1) is 0 Å². The molecule has 0 unspecified atom stereocenters. The van der Waals surface area contributed by atoms with Crippen LogP contribution in [0.1, 0.15) is 43.2 Å². The molecule has 1 amide bonds. The van der Waals surface area contributed by atoms with E-state index in [0.29, 0.717) is 51.6 Å². The van der Waals surface area contributed by atoms with Crippen LogP contribution >= 0.6 is 24.0 Å². The Balaban J connectivity index is 2.17. The predicted octanol–water partition coefficient (Wildman–Crippen LogP) is 3.89. The average Bonchev–Trinajstić information content (AvgIpc) is 3.36. The number of thioether (sulfide) groups is 1. The number of carbonyl (C=O) groups excluding carboxylic acids is 1. The van der Waals surface area contributed by atoms with Crippen molar-refractivity contribution in [2.45, 2.75) is 40.8 Å². The Labute approximate surface area is 190 Å². The van der Waals surface area contributed by atoms with Crippen LogP contribution in [0.3, 0.4) is 0 Å². The summed E-state index contributed by atoms with van der Waals surface area (Å²) in [6.07, 6.45) is 3.32. The number of thiocarbonyl (C=S) groups is 1. The monoisotopic (exact) mass is 456 g/mol. The van der Waals surface area contributed by atoms with E-state index in [9.17, 15) is 14.9 Å². The molecule has 0 saturated carbocycles. The summed E-state index contributed by atoms with van der Waals surface area (Å²) in [6.45, 7) is 9.68. The molecule has 1 aliphatic rings. The minimum atomic E-state index is -0.313. The third-order valence-corrected chi connectivity index (χ3v) is 6.65. The van der Waals surface area contributed by atoms with Crippen molar-refractivity contribution in [2.24, 2.45) is 0 Å². The Hall–Kier alpha value is -2.83. The van der Waals surface area contributed by atoms with Gasteiger partial charge in [-0.3, -0.25) is 19.1 Å². The van der Waals surface area contributed by atoms with Crippen molar-refractivity contribution < 1.29 is 9.21 Å². The molecule has 0 aromatic carbocycles. The van der Waals surface area contributed by atoms with Crippen molar-refractivity contribution in [1.29, 1.82) is 5.26 Å². The van der Waals surface area contributed by atoms with Gasteiger partial charge in [0.05, 0.1) is 17.7 Å². The molecule has 0 aliphatic carbocycles. The van der Waals surface area contributed by atoms with Gasteiger partial charge < -0.3 is 9.32 Å². The van der Waals surface area contributed by atoms with Gasteiger partial charge in [-0.05, 0) is 51.5 Å². The normalized spacial score (nSPS) is 15.1. The fourth-order valence-electron chi connectivity index (χ4n) is 3.63. The van der Waals surface area contributed by atoms with Crippen molar-refractivity contribution >= 4 is 46.1 Å². The summed E-state index contributed by atoms with van der Waals surface area (Å²) in [5.41, 5.74) is 1.04. The van der Waals surface area contributed by atoms with E-state index in [0.717, 1.165) is 0 Å². The zero-order valence-electron chi connectivity index (χ0n) is 18.0. The van der Waals surface area contributed by atoms with Crippen molar-refractivity contribution in [3.63, 3.8) is 0 Å². The second kappa shape index (κ2) is 9.54. The lowest BCUT2D eigenvalue weighted by Crippen LogP contribution is -2.34. The maximum absolute atomic E-state index is 13.1. The summed E-state index contributed by atoms with van der Waals surface area (Å²) in [5.74, 6) is 1.14. The van der Waals surface area contributed by atoms with Gasteiger partial charge in [-0.2, -0.15) is 5.26 Å². The van der Waals surface area contributed by atoms with E-state index in [1.54, 1.807) is 36.0 Å². The van der Waals surface area contributed by atoms with Gasteiger partial charge in [0.15, 0.2) is 0 Å². The van der Waals surface area contributed by atoms with Crippen LogP contribution in [0.2, 0.25) is 0 Å². The largest absolute Gasteiger partial charge is 0.467 e. The summed E-state index contributed by atoms with van der Waals surface area (Å²) in [7, 11) is 0. The SMILES string of the molecule is CCN(CC)c1c(/C=C2\SC(=S)N(Cc3ccco3)C2=O)c(C)c(C#N)c(=O)n1CC. The molecule has 9 heteroatoms. The van der Waals surface area contributed by atoms with Crippen LogP contribution in [0, 0.1) is 18.3 Å². The number of anilines is 1. The lowest BCUT2D eigenvalue weighted by atomic mass is 10.0. The Kier molecular flexibility index (Phi) is 7.03. The molecule has 0 bridgehead atoms. The number of furan rings is 1. The molecule has 7 nitrogen and oxygen atoms in total. The van der Waals surface area contributed by atoms with E-state index in [4.69, 9.17) is 16.6 Å². The van der Waals surface area contributed by atoms with Gasteiger partial charge in [-0.1, -0.05) is 24.0 Å². The van der Waals surface area contributed by atoms with E-state index < -0.39 is 0 Å². The third kappa shape index (κ3) is 4.18. The smallest absolute Gasteiger partial charge is 0.270 e. The highest BCUT2D eigenvalue weighted by molar-refractivity contribution is 8.26. The number of aromatic nitrogens is 1. The second-order valence-electron chi connectivity index (χ2n) is 6.92. The van der Waals surface area contributed by atoms with Crippen LogP contribution in [0.4, 0.5) is 5.82 Å². The van der Waals surface area contributed by atoms with E-state index in [-0.39, 0.29) is 23.6 Å². The van der Waals surface area contributed by atoms with Crippen LogP contribution in [0.5, 0.6) is 0 Å². The molecule has 0 N–H and O–H groups in total. The van der Waals surface area contributed by atoms with E-state index in [2.05, 4.69) is 4.90 Å². The molecule has 2 aromatic heterocycles. The van der Waals surface area contributed by atoms with Gasteiger partial charge in [0, 0.05) is 25.2 Å². The number of hydrogen-bond donors (Lipinski definition) is 0. The summed E-state index contributed by atoms with van der Waals surface area (Å²) >= 11 is 6.64. The lowest BCUT2D eigenvalue weighted by Gasteiger charge is -2.28. The van der Waals surface area contributed by atoms with Crippen molar-refractivity contribution in [1.82, 2.24) is 9.47 Å². The number of nitrogens with zero attached hydrogens (tertiary/aromatic N) is 4. The van der Waals surface area contributed by atoms with Gasteiger partial charge in [0.2, 0.25) is 0 Å². The van der Waals surface area contributed by atoms with E-state index >= 15 is 0 Å². The molecule has 31 heavy (non-hydrogen) atoms. The van der Waals surface area contributed by atoms with Crippen LogP contribution in [-0.4, -0.2) is 32.8 Å². The molecule has 0 radical (unpaired) electrons. The molecule has 2 aromatic rings. The molecule has 1 aliphatic heterocycles. The number of nitriles is 1. The highest BCUT2D eigenvalue weighted by atomic mass is 32.2. The Morgan fingerprint density at radius 3 is 2.55 bits per heavy atom. The first-order valence-corrected chi connectivity index (χ1v) is 11.3. The summed E-state index contributed by atoms with van der Waals surface area (Å²) in [5, 5.41) is 9.62. The minimum Gasteiger partial charge on any atom is -0.467 e. The minimum absolute atomic E-state index is 0.0927.